The Balaban J connectivity index is 0. The molecule has 0 aliphatic rings. The molecule has 0 rings (SSSR count). The summed E-state index contributed by atoms with van der Waals surface area (Å²) in [7, 11) is 0. The van der Waals surface area contributed by atoms with Gasteiger partial charge >= 0.3 is 11.9 Å². The Bertz CT molecular complexity index is 134. The Kier molecular flexibility index (Phi) is 6.07. The predicted molar refractivity (Wildman–Crippen MR) is 36.3 cm³/mol. The van der Waals surface area contributed by atoms with Crippen molar-refractivity contribution in [3.8, 4) is 0 Å². The largest absolute Gasteiger partial charge is 0.481 e. The molecule has 0 amide bonds. The smallest absolute Gasteiger partial charge is 0.316 e. The lowest BCUT2D eigenvalue weighted by atomic mass is 10.3. The molecule has 5 nitrogen and oxygen atoms in total. The Morgan fingerprint density at radius 2 is 1.80 bits per heavy atom. The lowest BCUT2D eigenvalue weighted by Gasteiger charge is -1.97. The Labute approximate surface area is 62.4 Å². The maximum Gasteiger partial charge on any atom is 0.316 e. The third-order valence-corrected chi connectivity index (χ3v) is 1.06. The molecule has 0 aliphatic heterocycles. The normalized spacial score (nSPS) is 11.3. The van der Waals surface area contributed by atoms with Crippen LogP contribution in [-0.2, 0) is 9.59 Å². The number of carboxylic acid groups (broad SMARTS) is 2. The second kappa shape index (κ2) is 5.07. The van der Waals surface area contributed by atoms with Crippen LogP contribution >= 0.6 is 12.6 Å². The lowest BCUT2D eigenvalue weighted by molar-refractivity contribution is -0.142. The maximum absolute atomic E-state index is 9.90. The van der Waals surface area contributed by atoms with Gasteiger partial charge in [-0.2, -0.15) is 12.6 Å². The van der Waals surface area contributed by atoms with E-state index in [2.05, 4.69) is 12.6 Å². The molecule has 0 aromatic carbocycles. The molecule has 0 bridgehead atoms. The predicted octanol–water partition coefficient (Wildman–Crippen LogP) is -0.981. The van der Waals surface area contributed by atoms with Gasteiger partial charge in [-0.05, 0) is 0 Å². The molecule has 0 aliphatic carbocycles. The number of carbonyl (C=O) groups is 2. The highest BCUT2D eigenvalue weighted by molar-refractivity contribution is 7.81. The van der Waals surface area contributed by atoms with E-state index in [1.54, 1.807) is 0 Å². The zero-order valence-corrected chi connectivity index (χ0v) is 5.84. The van der Waals surface area contributed by atoms with Gasteiger partial charge in [-0.15, -0.1) is 0 Å². The summed E-state index contributed by atoms with van der Waals surface area (Å²) in [6.45, 7) is 0. The van der Waals surface area contributed by atoms with Crippen LogP contribution in [0.5, 0.6) is 0 Å². The lowest BCUT2D eigenvalue weighted by Crippen LogP contribution is -2.17. The highest BCUT2D eigenvalue weighted by Gasteiger charge is 2.14. The van der Waals surface area contributed by atoms with E-state index < -0.39 is 23.6 Å². The molecule has 0 saturated carbocycles. The number of hydrogen-bond donors (Lipinski definition) is 3. The van der Waals surface area contributed by atoms with E-state index in [9.17, 15) is 9.59 Å². The molecule has 10 heavy (non-hydrogen) atoms. The van der Waals surface area contributed by atoms with Gasteiger partial charge in [-0.25, -0.2) is 0 Å². The number of aliphatic carboxylic acids is 2. The maximum atomic E-state index is 9.90. The summed E-state index contributed by atoms with van der Waals surface area (Å²) >= 11 is 3.48. The van der Waals surface area contributed by atoms with E-state index in [0.717, 1.165) is 0 Å². The first-order valence-corrected chi connectivity index (χ1v) is 2.68. The van der Waals surface area contributed by atoms with Gasteiger partial charge in [0.1, 0.15) is 5.25 Å². The highest BCUT2D eigenvalue weighted by atomic mass is 32.1. The average Bonchev–Trinajstić information content (AvgIpc) is 1.63. The van der Waals surface area contributed by atoms with Crippen LogP contribution in [0, 0.1) is 0 Å². The summed E-state index contributed by atoms with van der Waals surface area (Å²) in [5.41, 5.74) is 0. The molecule has 1 atom stereocenters. The summed E-state index contributed by atoms with van der Waals surface area (Å²) in [5.74, 6) is -2.36. The molecule has 0 spiro atoms. The summed E-state index contributed by atoms with van der Waals surface area (Å²) in [6, 6.07) is 0. The van der Waals surface area contributed by atoms with E-state index in [-0.39, 0.29) is 5.48 Å². The van der Waals surface area contributed by atoms with Crippen molar-refractivity contribution in [3.05, 3.63) is 0 Å². The molecule has 0 radical (unpaired) electrons. The molecule has 0 aromatic rings. The fourth-order valence-electron chi connectivity index (χ4n) is 0.253. The van der Waals surface area contributed by atoms with Crippen molar-refractivity contribution in [2.45, 2.75) is 11.7 Å². The fourth-order valence-corrected chi connectivity index (χ4v) is 0.409. The van der Waals surface area contributed by atoms with Crippen LogP contribution in [0.15, 0.2) is 0 Å². The summed E-state index contributed by atoms with van der Waals surface area (Å²) in [4.78, 5) is 19.7. The molecule has 0 saturated heterocycles. The summed E-state index contributed by atoms with van der Waals surface area (Å²) in [6.07, 6.45) is -0.446. The number of carboxylic acids is 2. The second-order valence-electron chi connectivity index (χ2n) is 1.45. The number of hydrogen-bond acceptors (Lipinski definition) is 3. The van der Waals surface area contributed by atoms with Crippen molar-refractivity contribution in [2.75, 3.05) is 0 Å². The minimum absolute atomic E-state index is 0. The van der Waals surface area contributed by atoms with E-state index >= 15 is 0 Å². The first-order chi connectivity index (χ1) is 4.04. The van der Waals surface area contributed by atoms with Crippen LogP contribution in [0.25, 0.3) is 0 Å². The van der Waals surface area contributed by atoms with Gasteiger partial charge in [-0.1, -0.05) is 0 Å². The molecule has 0 fully saturated rings. The third-order valence-electron chi connectivity index (χ3n) is 0.653. The molecule has 6 heteroatoms. The first kappa shape index (κ1) is 12.0. The molecule has 0 aromatic heterocycles. The van der Waals surface area contributed by atoms with Crippen LogP contribution in [-0.4, -0.2) is 32.9 Å². The Morgan fingerprint density at radius 1 is 1.40 bits per heavy atom. The van der Waals surface area contributed by atoms with Gasteiger partial charge in [0.15, 0.2) is 0 Å². The zero-order chi connectivity index (χ0) is 7.44. The van der Waals surface area contributed by atoms with Gasteiger partial charge < -0.3 is 15.7 Å². The van der Waals surface area contributed by atoms with E-state index in [4.69, 9.17) is 10.2 Å². The van der Waals surface area contributed by atoms with Gasteiger partial charge in [0, 0.05) is 0 Å². The monoisotopic (exact) mass is 168 g/mol. The van der Waals surface area contributed by atoms with Crippen LogP contribution in [0.3, 0.4) is 0 Å². The minimum atomic E-state index is -1.21. The summed E-state index contributed by atoms with van der Waals surface area (Å²) in [5, 5.41) is 15.0. The van der Waals surface area contributed by atoms with Crippen molar-refractivity contribution in [1.29, 1.82) is 0 Å². The molecule has 0 heterocycles. The van der Waals surface area contributed by atoms with E-state index in [1.807, 2.05) is 0 Å². The molecular weight excluding hydrogens is 160 g/mol. The van der Waals surface area contributed by atoms with Gasteiger partial charge in [0.25, 0.3) is 0 Å². The molecule has 4 N–H and O–H groups in total. The highest BCUT2D eigenvalue weighted by Crippen LogP contribution is 1.99. The van der Waals surface area contributed by atoms with Crippen LogP contribution < -0.4 is 0 Å². The van der Waals surface area contributed by atoms with Gasteiger partial charge in [-0.3, -0.25) is 9.59 Å². The van der Waals surface area contributed by atoms with Crippen molar-refractivity contribution >= 4 is 24.6 Å². The first-order valence-electron chi connectivity index (χ1n) is 2.16. The van der Waals surface area contributed by atoms with Crippen molar-refractivity contribution in [2.24, 2.45) is 0 Å². The fraction of sp³-hybridized carbons (Fsp3) is 0.500. The average molecular weight is 168 g/mol. The van der Waals surface area contributed by atoms with Gasteiger partial charge in [0.2, 0.25) is 0 Å². The van der Waals surface area contributed by atoms with Crippen LogP contribution in [0.2, 0.25) is 0 Å². The standard InChI is InChI=1S/C4H6O4S.H2O/c5-3(6)1-2(9)4(7)8;/h2,9H,1H2,(H,5,6)(H,7,8);1H2. The van der Waals surface area contributed by atoms with E-state index in [1.165, 1.54) is 0 Å². The van der Waals surface area contributed by atoms with E-state index in [0.29, 0.717) is 0 Å². The number of thiol groups is 1. The topological polar surface area (TPSA) is 106 Å². The third kappa shape index (κ3) is 5.39. The van der Waals surface area contributed by atoms with Crippen molar-refractivity contribution < 1.29 is 25.3 Å². The van der Waals surface area contributed by atoms with Crippen molar-refractivity contribution in [1.82, 2.24) is 0 Å². The molecule has 60 valence electrons. The zero-order valence-electron chi connectivity index (χ0n) is 4.94. The van der Waals surface area contributed by atoms with Crippen molar-refractivity contribution in [3.63, 3.8) is 0 Å². The number of rotatable bonds is 3. The van der Waals surface area contributed by atoms with Crippen LogP contribution in [0.1, 0.15) is 6.42 Å². The summed E-state index contributed by atoms with van der Waals surface area (Å²) < 4.78 is 0. The Hall–Kier alpha value is -0.750. The van der Waals surface area contributed by atoms with Crippen LogP contribution in [0.4, 0.5) is 0 Å². The molecular formula is C4H8O5S. The quantitative estimate of drug-likeness (QED) is 0.471. The molecule has 1 unspecified atom stereocenters. The SMILES string of the molecule is O.O=C(O)CC(S)C(=O)O. The second-order valence-corrected chi connectivity index (χ2v) is 2.08. The Morgan fingerprint density at radius 3 is 1.90 bits per heavy atom. The van der Waals surface area contributed by atoms with Gasteiger partial charge in [0.05, 0.1) is 6.42 Å². The minimum Gasteiger partial charge on any atom is -0.481 e.